The summed E-state index contributed by atoms with van der Waals surface area (Å²) in [6.45, 7) is 0. The van der Waals surface area contributed by atoms with Gasteiger partial charge >= 0.3 is 5.97 Å². The van der Waals surface area contributed by atoms with E-state index in [0.717, 1.165) is 5.56 Å². The largest absolute Gasteiger partial charge is 0.478 e. The van der Waals surface area contributed by atoms with E-state index in [-0.39, 0.29) is 11.4 Å². The zero-order valence-electron chi connectivity index (χ0n) is 7.61. The van der Waals surface area contributed by atoms with Crippen LogP contribution < -0.4 is 0 Å². The maximum atomic E-state index is 12.7. The third-order valence-corrected chi connectivity index (χ3v) is 2.97. The van der Waals surface area contributed by atoms with Crippen LogP contribution in [0.15, 0.2) is 35.7 Å². The highest BCUT2D eigenvalue weighted by Crippen LogP contribution is 2.29. The van der Waals surface area contributed by atoms with Crippen molar-refractivity contribution in [2.75, 3.05) is 0 Å². The lowest BCUT2D eigenvalue weighted by Crippen LogP contribution is -1.95. The molecule has 0 bridgehead atoms. The maximum Gasteiger partial charge on any atom is 0.337 e. The van der Waals surface area contributed by atoms with E-state index >= 15 is 0 Å². The summed E-state index contributed by atoms with van der Waals surface area (Å²) in [7, 11) is 0. The second-order valence-electron chi connectivity index (χ2n) is 2.98. The SMILES string of the molecule is O=C(O)c1ccsc1-c1ccc(F)cc1. The molecule has 0 spiro atoms. The Morgan fingerprint density at radius 2 is 1.87 bits per heavy atom. The van der Waals surface area contributed by atoms with E-state index < -0.39 is 5.97 Å². The Labute approximate surface area is 89.6 Å². The Balaban J connectivity index is 2.49. The van der Waals surface area contributed by atoms with Gasteiger partial charge < -0.3 is 5.11 Å². The number of thiophene rings is 1. The number of benzene rings is 1. The molecule has 0 aliphatic heterocycles. The van der Waals surface area contributed by atoms with Crippen LogP contribution in [0.25, 0.3) is 10.4 Å². The van der Waals surface area contributed by atoms with Gasteiger partial charge in [0.25, 0.3) is 0 Å². The third kappa shape index (κ3) is 1.89. The fourth-order valence-electron chi connectivity index (χ4n) is 1.30. The second kappa shape index (κ2) is 3.82. The van der Waals surface area contributed by atoms with Gasteiger partial charge in [0.15, 0.2) is 0 Å². The van der Waals surface area contributed by atoms with Gasteiger partial charge in [-0.25, -0.2) is 9.18 Å². The molecule has 0 atom stereocenters. The highest BCUT2D eigenvalue weighted by atomic mass is 32.1. The summed E-state index contributed by atoms with van der Waals surface area (Å²) in [6.07, 6.45) is 0. The predicted molar refractivity (Wildman–Crippen MR) is 56.7 cm³/mol. The first-order chi connectivity index (χ1) is 7.18. The minimum absolute atomic E-state index is 0.256. The van der Waals surface area contributed by atoms with Gasteiger partial charge in [-0.2, -0.15) is 0 Å². The van der Waals surface area contributed by atoms with Crippen LogP contribution in [0.4, 0.5) is 4.39 Å². The number of aromatic carboxylic acids is 1. The van der Waals surface area contributed by atoms with Gasteiger partial charge in [0, 0.05) is 4.88 Å². The minimum Gasteiger partial charge on any atom is -0.478 e. The summed E-state index contributed by atoms with van der Waals surface area (Å²) in [5.74, 6) is -1.29. The topological polar surface area (TPSA) is 37.3 Å². The fraction of sp³-hybridized carbons (Fsp3) is 0. The van der Waals surface area contributed by atoms with Crippen LogP contribution in [0.1, 0.15) is 10.4 Å². The molecule has 0 fully saturated rings. The Morgan fingerprint density at radius 3 is 2.47 bits per heavy atom. The predicted octanol–water partition coefficient (Wildman–Crippen LogP) is 3.25. The monoisotopic (exact) mass is 222 g/mol. The van der Waals surface area contributed by atoms with Crippen molar-refractivity contribution in [1.82, 2.24) is 0 Å². The van der Waals surface area contributed by atoms with Crippen molar-refractivity contribution in [2.24, 2.45) is 0 Å². The molecule has 0 saturated carbocycles. The standard InChI is InChI=1S/C11H7FO2S/c12-8-3-1-7(2-4-8)10-9(11(13)14)5-6-15-10/h1-6H,(H,13,14). The number of rotatable bonds is 2. The van der Waals surface area contributed by atoms with Crippen LogP contribution in [-0.2, 0) is 0 Å². The molecule has 0 aliphatic rings. The maximum absolute atomic E-state index is 12.7. The fourth-order valence-corrected chi connectivity index (χ4v) is 2.20. The van der Waals surface area contributed by atoms with Crippen LogP contribution in [0, 0.1) is 5.82 Å². The van der Waals surface area contributed by atoms with E-state index in [9.17, 15) is 9.18 Å². The number of carboxylic acids is 1. The Kier molecular flexibility index (Phi) is 2.51. The lowest BCUT2D eigenvalue weighted by atomic mass is 10.1. The van der Waals surface area contributed by atoms with Crippen LogP contribution >= 0.6 is 11.3 Å². The average Bonchev–Trinajstić information content (AvgIpc) is 2.67. The average molecular weight is 222 g/mol. The van der Waals surface area contributed by atoms with Gasteiger partial charge in [-0.3, -0.25) is 0 Å². The molecule has 0 unspecified atom stereocenters. The van der Waals surface area contributed by atoms with E-state index in [4.69, 9.17) is 5.11 Å². The second-order valence-corrected chi connectivity index (χ2v) is 3.89. The molecule has 0 radical (unpaired) electrons. The molecule has 2 aromatic rings. The van der Waals surface area contributed by atoms with Crippen molar-refractivity contribution in [1.29, 1.82) is 0 Å². The third-order valence-electron chi connectivity index (χ3n) is 2.00. The molecule has 15 heavy (non-hydrogen) atoms. The Hall–Kier alpha value is -1.68. The smallest absolute Gasteiger partial charge is 0.337 e. The summed E-state index contributed by atoms with van der Waals surface area (Å²) in [5, 5.41) is 10.6. The molecular formula is C11H7FO2S. The van der Waals surface area contributed by atoms with Crippen molar-refractivity contribution in [3.8, 4) is 10.4 Å². The molecule has 0 saturated heterocycles. The normalized spacial score (nSPS) is 10.2. The van der Waals surface area contributed by atoms with E-state index in [2.05, 4.69) is 0 Å². The number of carboxylic acid groups (broad SMARTS) is 1. The highest BCUT2D eigenvalue weighted by Gasteiger charge is 2.12. The number of halogens is 1. The first kappa shape index (κ1) is 9.86. The van der Waals surface area contributed by atoms with E-state index in [1.807, 2.05) is 0 Å². The quantitative estimate of drug-likeness (QED) is 0.846. The zero-order valence-corrected chi connectivity index (χ0v) is 8.42. The molecule has 0 amide bonds. The van der Waals surface area contributed by atoms with Crippen LogP contribution in [0.2, 0.25) is 0 Å². The van der Waals surface area contributed by atoms with Crippen molar-refractivity contribution >= 4 is 17.3 Å². The van der Waals surface area contributed by atoms with Crippen LogP contribution in [-0.4, -0.2) is 11.1 Å². The van der Waals surface area contributed by atoms with E-state index in [0.29, 0.717) is 4.88 Å². The van der Waals surface area contributed by atoms with Crippen molar-refractivity contribution in [3.05, 3.63) is 47.1 Å². The summed E-state index contributed by atoms with van der Waals surface area (Å²) < 4.78 is 12.7. The lowest BCUT2D eigenvalue weighted by molar-refractivity contribution is 0.0698. The Bertz CT molecular complexity index is 488. The van der Waals surface area contributed by atoms with Gasteiger partial charge in [0.05, 0.1) is 5.56 Å². The molecule has 1 heterocycles. The van der Waals surface area contributed by atoms with E-state index in [1.165, 1.54) is 23.5 Å². The van der Waals surface area contributed by atoms with Crippen molar-refractivity contribution in [2.45, 2.75) is 0 Å². The van der Waals surface area contributed by atoms with Crippen molar-refractivity contribution in [3.63, 3.8) is 0 Å². The minimum atomic E-state index is -0.962. The first-order valence-corrected chi connectivity index (χ1v) is 5.13. The zero-order chi connectivity index (χ0) is 10.8. The van der Waals surface area contributed by atoms with Gasteiger partial charge in [0.2, 0.25) is 0 Å². The molecule has 1 aromatic heterocycles. The number of hydrogen-bond acceptors (Lipinski definition) is 2. The number of hydrogen-bond donors (Lipinski definition) is 1. The Morgan fingerprint density at radius 1 is 1.20 bits per heavy atom. The van der Waals surface area contributed by atoms with Crippen LogP contribution in [0.3, 0.4) is 0 Å². The molecule has 1 N–H and O–H groups in total. The lowest BCUT2D eigenvalue weighted by Gasteiger charge is -1.99. The van der Waals surface area contributed by atoms with Gasteiger partial charge in [-0.05, 0) is 29.1 Å². The molecule has 2 nitrogen and oxygen atoms in total. The summed E-state index contributed by atoms with van der Waals surface area (Å²) in [6, 6.07) is 7.34. The van der Waals surface area contributed by atoms with Crippen molar-refractivity contribution < 1.29 is 14.3 Å². The van der Waals surface area contributed by atoms with E-state index in [1.54, 1.807) is 23.6 Å². The summed E-state index contributed by atoms with van der Waals surface area (Å²) >= 11 is 1.33. The molecule has 2 rings (SSSR count). The number of carbonyl (C=O) groups is 1. The van der Waals surface area contributed by atoms with Gasteiger partial charge in [-0.15, -0.1) is 11.3 Å². The summed E-state index contributed by atoms with van der Waals surface area (Å²) in [5.41, 5.74) is 0.982. The van der Waals surface area contributed by atoms with Gasteiger partial charge in [-0.1, -0.05) is 12.1 Å². The molecule has 0 aliphatic carbocycles. The van der Waals surface area contributed by atoms with Crippen LogP contribution in [0.5, 0.6) is 0 Å². The highest BCUT2D eigenvalue weighted by molar-refractivity contribution is 7.14. The molecule has 1 aromatic carbocycles. The molecule has 76 valence electrons. The first-order valence-electron chi connectivity index (χ1n) is 4.25. The molecule has 4 heteroatoms. The summed E-state index contributed by atoms with van der Waals surface area (Å²) in [4.78, 5) is 11.5. The van der Waals surface area contributed by atoms with Gasteiger partial charge in [0.1, 0.15) is 5.82 Å². The molecular weight excluding hydrogens is 215 g/mol.